The normalized spacial score (nSPS) is 32.8. The summed E-state index contributed by atoms with van der Waals surface area (Å²) in [5.41, 5.74) is 0. The molecule has 1 heterocycles. The summed E-state index contributed by atoms with van der Waals surface area (Å²) in [6, 6.07) is 0. The Kier molecular flexibility index (Phi) is 1.74. The van der Waals surface area contributed by atoms with Gasteiger partial charge in [0.25, 0.3) is 6.17 Å². The van der Waals surface area contributed by atoms with Crippen molar-refractivity contribution in [2.45, 2.75) is 18.2 Å². The molecule has 1 saturated heterocycles. The van der Waals surface area contributed by atoms with Gasteiger partial charge in [-0.2, -0.15) is 17.6 Å². The Morgan fingerprint density at radius 3 is 2.17 bits per heavy atom. The average molecular weight is 192 g/mol. The Hall–Kier alpha value is -0.920. The van der Waals surface area contributed by atoms with Crippen LogP contribution in [0.4, 0.5) is 22.0 Å². The van der Waals surface area contributed by atoms with Gasteiger partial charge in [0.05, 0.1) is 0 Å². The van der Waals surface area contributed by atoms with Crippen molar-refractivity contribution in [2.75, 3.05) is 0 Å². The van der Waals surface area contributed by atoms with Crippen LogP contribution in [-0.2, 0) is 14.6 Å². The van der Waals surface area contributed by atoms with Gasteiger partial charge in [-0.05, 0) is 0 Å². The topological polar surface area (TPSA) is 35.5 Å². The van der Waals surface area contributed by atoms with E-state index < -0.39 is 24.2 Å². The highest BCUT2D eigenvalue weighted by Crippen LogP contribution is 2.42. The molecule has 8 heteroatoms. The molecule has 1 atom stereocenters. The summed E-state index contributed by atoms with van der Waals surface area (Å²) < 4.78 is 60.0. The minimum atomic E-state index is -5.19. The number of alkyl halides is 5. The Labute approximate surface area is 62.0 Å². The Morgan fingerprint density at radius 1 is 1.25 bits per heavy atom. The van der Waals surface area contributed by atoms with Crippen molar-refractivity contribution in [1.82, 2.24) is 0 Å². The fourth-order valence-corrected chi connectivity index (χ4v) is 0.487. The molecule has 0 N–H and O–H groups in total. The molecule has 12 heavy (non-hydrogen) atoms. The predicted octanol–water partition coefficient (Wildman–Crippen LogP) is 1.04. The lowest BCUT2D eigenvalue weighted by atomic mass is 10.2. The highest BCUT2D eigenvalue weighted by atomic mass is 19.3. The second-order valence-corrected chi connectivity index (χ2v) is 1.99. The molecule has 0 aromatic heterocycles. The van der Waals surface area contributed by atoms with E-state index in [2.05, 4.69) is 9.78 Å². The second kappa shape index (κ2) is 2.28. The summed E-state index contributed by atoms with van der Waals surface area (Å²) in [6.45, 7) is 0. The molecule has 1 aliphatic rings. The van der Waals surface area contributed by atoms with Gasteiger partial charge in [0, 0.05) is 0 Å². The second-order valence-electron chi connectivity index (χ2n) is 1.99. The molecule has 70 valence electrons. The fraction of sp³-hybridized carbons (Fsp3) is 0.750. The smallest absolute Gasteiger partial charge is 0.288 e. The van der Waals surface area contributed by atoms with Gasteiger partial charge in [-0.25, -0.2) is 9.18 Å². The third-order valence-electron chi connectivity index (χ3n) is 1.14. The first-order valence-corrected chi connectivity index (χ1v) is 2.58. The number of hydrogen-bond acceptors (Lipinski definition) is 3. The van der Waals surface area contributed by atoms with E-state index in [1.165, 1.54) is 0 Å². The molecule has 0 aliphatic carbocycles. The quantitative estimate of drug-likeness (QED) is 0.425. The SMILES string of the molecule is O=C1OOC(F)(F)C(F)(F)C1F. The van der Waals surface area contributed by atoms with E-state index >= 15 is 0 Å². The highest BCUT2D eigenvalue weighted by Gasteiger charge is 2.71. The minimum Gasteiger partial charge on any atom is -0.288 e. The molecule has 1 rings (SSSR count). The molecule has 0 radical (unpaired) electrons. The molecule has 0 aromatic carbocycles. The summed E-state index contributed by atoms with van der Waals surface area (Å²) >= 11 is 0. The molecule has 0 amide bonds. The van der Waals surface area contributed by atoms with Gasteiger partial charge in [-0.15, -0.1) is 4.89 Å². The molecule has 1 unspecified atom stereocenters. The lowest BCUT2D eigenvalue weighted by molar-refractivity contribution is -0.491. The molecule has 1 aliphatic heterocycles. The zero-order valence-electron chi connectivity index (χ0n) is 5.19. The zero-order chi connectivity index (χ0) is 9.57. The van der Waals surface area contributed by atoms with Gasteiger partial charge >= 0.3 is 18.0 Å². The molecule has 0 aromatic rings. The van der Waals surface area contributed by atoms with Gasteiger partial charge in [0.1, 0.15) is 0 Å². The summed E-state index contributed by atoms with van der Waals surface area (Å²) in [6.07, 6.45) is -8.83. The van der Waals surface area contributed by atoms with Crippen LogP contribution in [0, 0.1) is 0 Å². The molecule has 0 spiro atoms. The number of halogens is 5. The summed E-state index contributed by atoms with van der Waals surface area (Å²) in [5, 5.41) is 0. The highest BCUT2D eigenvalue weighted by molar-refractivity contribution is 5.76. The maximum absolute atomic E-state index is 12.1. The molecular formula is C4HF5O3. The van der Waals surface area contributed by atoms with Gasteiger partial charge in [-0.3, -0.25) is 4.89 Å². The molecule has 3 nitrogen and oxygen atoms in total. The van der Waals surface area contributed by atoms with Crippen LogP contribution in [0.25, 0.3) is 0 Å². The van der Waals surface area contributed by atoms with E-state index in [0.29, 0.717) is 0 Å². The number of rotatable bonds is 0. The monoisotopic (exact) mass is 192 g/mol. The van der Waals surface area contributed by atoms with Crippen LogP contribution >= 0.6 is 0 Å². The standard InChI is InChI=1S/C4HF5O3/c5-1-2(10)11-12-4(8,9)3(1,6)7/h1H. The van der Waals surface area contributed by atoms with Crippen LogP contribution in [0.5, 0.6) is 0 Å². The fourth-order valence-electron chi connectivity index (χ4n) is 0.487. The van der Waals surface area contributed by atoms with Crippen LogP contribution in [-0.4, -0.2) is 24.2 Å². The van der Waals surface area contributed by atoms with Crippen LogP contribution in [0.3, 0.4) is 0 Å². The molecular weight excluding hydrogens is 191 g/mol. The van der Waals surface area contributed by atoms with Crippen LogP contribution in [0.2, 0.25) is 0 Å². The van der Waals surface area contributed by atoms with Crippen molar-refractivity contribution >= 4 is 5.97 Å². The number of carbonyl (C=O) groups is 1. The first-order chi connectivity index (χ1) is 5.29. The van der Waals surface area contributed by atoms with Crippen molar-refractivity contribution in [1.29, 1.82) is 0 Å². The van der Waals surface area contributed by atoms with Crippen molar-refractivity contribution in [3.8, 4) is 0 Å². The maximum Gasteiger partial charge on any atom is 0.458 e. The van der Waals surface area contributed by atoms with Gasteiger partial charge in [-0.1, -0.05) is 0 Å². The van der Waals surface area contributed by atoms with Crippen molar-refractivity contribution in [2.24, 2.45) is 0 Å². The van der Waals surface area contributed by atoms with E-state index in [-0.39, 0.29) is 0 Å². The lowest BCUT2D eigenvalue weighted by Crippen LogP contribution is -2.57. The average Bonchev–Trinajstić information content (AvgIpc) is 1.96. The van der Waals surface area contributed by atoms with Crippen molar-refractivity contribution < 1.29 is 36.5 Å². The summed E-state index contributed by atoms with van der Waals surface area (Å²) in [7, 11) is 0. The third kappa shape index (κ3) is 1.02. The van der Waals surface area contributed by atoms with E-state index in [1.807, 2.05) is 0 Å². The Bertz CT molecular complexity index is 215. The minimum absolute atomic E-state index is 2.18. The van der Waals surface area contributed by atoms with E-state index in [1.54, 1.807) is 0 Å². The van der Waals surface area contributed by atoms with Gasteiger partial charge < -0.3 is 0 Å². The lowest BCUT2D eigenvalue weighted by Gasteiger charge is -2.29. The number of hydrogen-bond donors (Lipinski definition) is 0. The summed E-state index contributed by atoms with van der Waals surface area (Å²) in [5.74, 6) is -7.37. The van der Waals surface area contributed by atoms with Gasteiger partial charge in [0.15, 0.2) is 0 Å². The van der Waals surface area contributed by atoms with E-state index in [0.717, 1.165) is 0 Å². The molecule has 0 bridgehead atoms. The van der Waals surface area contributed by atoms with E-state index in [4.69, 9.17) is 0 Å². The third-order valence-corrected chi connectivity index (χ3v) is 1.14. The van der Waals surface area contributed by atoms with Crippen LogP contribution < -0.4 is 0 Å². The van der Waals surface area contributed by atoms with Crippen LogP contribution in [0.15, 0.2) is 0 Å². The Balaban J connectivity index is 2.96. The maximum atomic E-state index is 12.1. The van der Waals surface area contributed by atoms with Crippen LogP contribution in [0.1, 0.15) is 0 Å². The molecule has 1 fully saturated rings. The number of carbonyl (C=O) groups excluding carboxylic acids is 1. The molecule has 0 saturated carbocycles. The predicted molar refractivity (Wildman–Crippen MR) is 22.0 cm³/mol. The largest absolute Gasteiger partial charge is 0.458 e. The first-order valence-electron chi connectivity index (χ1n) is 2.58. The van der Waals surface area contributed by atoms with Gasteiger partial charge in [0.2, 0.25) is 0 Å². The zero-order valence-corrected chi connectivity index (χ0v) is 5.19. The van der Waals surface area contributed by atoms with Crippen molar-refractivity contribution in [3.63, 3.8) is 0 Å². The van der Waals surface area contributed by atoms with Crippen molar-refractivity contribution in [3.05, 3.63) is 0 Å². The Morgan fingerprint density at radius 2 is 1.75 bits per heavy atom. The summed E-state index contributed by atoms with van der Waals surface area (Å²) in [4.78, 5) is 15.6. The van der Waals surface area contributed by atoms with E-state index in [9.17, 15) is 26.7 Å². The first kappa shape index (κ1) is 9.17.